The lowest BCUT2D eigenvalue weighted by Crippen LogP contribution is -2.52. The molecule has 14 heavy (non-hydrogen) atoms. The van der Waals surface area contributed by atoms with E-state index in [1.54, 1.807) is 12.1 Å². The molecule has 76 valence electrons. The van der Waals surface area contributed by atoms with E-state index in [-0.39, 0.29) is 0 Å². The minimum atomic E-state index is 0.431. The summed E-state index contributed by atoms with van der Waals surface area (Å²) in [4.78, 5) is 6.36. The Morgan fingerprint density at radius 2 is 2.29 bits per heavy atom. The van der Waals surface area contributed by atoms with Crippen molar-refractivity contribution < 1.29 is 0 Å². The van der Waals surface area contributed by atoms with Crippen LogP contribution in [-0.2, 0) is 0 Å². The molecule has 0 spiro atoms. The highest BCUT2D eigenvalue weighted by molar-refractivity contribution is 6.29. The fraction of sp³-hybridized carbons (Fsp3) is 0.444. The summed E-state index contributed by atoms with van der Waals surface area (Å²) in [5.74, 6) is 0.758. The largest absolute Gasteiger partial charge is 0.399 e. The molecule has 1 fully saturated rings. The average molecular weight is 213 g/mol. The van der Waals surface area contributed by atoms with Gasteiger partial charge in [-0.3, -0.25) is 0 Å². The van der Waals surface area contributed by atoms with E-state index < -0.39 is 0 Å². The Balaban J connectivity index is 2.02. The predicted molar refractivity (Wildman–Crippen MR) is 58.6 cm³/mol. The second kappa shape index (κ2) is 3.63. The molecule has 0 bridgehead atoms. The van der Waals surface area contributed by atoms with E-state index in [9.17, 15) is 0 Å². The molecule has 2 heterocycles. The van der Waals surface area contributed by atoms with Gasteiger partial charge >= 0.3 is 0 Å². The number of nitrogens with two attached hydrogens (primary N) is 1. The summed E-state index contributed by atoms with van der Waals surface area (Å²) < 4.78 is 0. The summed E-state index contributed by atoms with van der Waals surface area (Å²) in [6, 6.07) is 3.90. The van der Waals surface area contributed by atoms with Gasteiger partial charge in [-0.1, -0.05) is 11.6 Å². The average Bonchev–Trinajstić information content (AvgIpc) is 1.99. The number of halogens is 1. The first-order valence-electron chi connectivity index (χ1n) is 4.51. The number of nitrogen functional groups attached to an aromatic ring is 1. The van der Waals surface area contributed by atoms with Gasteiger partial charge in [-0.15, -0.1) is 0 Å². The van der Waals surface area contributed by atoms with E-state index in [1.807, 2.05) is 0 Å². The molecule has 4 nitrogen and oxygen atoms in total. The van der Waals surface area contributed by atoms with E-state index in [0.717, 1.165) is 18.9 Å². The number of hydrogen-bond acceptors (Lipinski definition) is 4. The van der Waals surface area contributed by atoms with Crippen molar-refractivity contribution in [2.24, 2.45) is 0 Å². The van der Waals surface area contributed by atoms with E-state index in [2.05, 4.69) is 22.2 Å². The van der Waals surface area contributed by atoms with Gasteiger partial charge in [0.2, 0.25) is 0 Å². The predicted octanol–water partition coefficient (Wildman–Crippen LogP) is 1.04. The molecule has 1 aromatic rings. The first-order chi connectivity index (χ1) is 6.63. The van der Waals surface area contributed by atoms with E-state index in [0.29, 0.717) is 16.9 Å². The summed E-state index contributed by atoms with van der Waals surface area (Å²) in [5.41, 5.74) is 6.29. The molecule has 0 saturated carbocycles. The van der Waals surface area contributed by atoms with Gasteiger partial charge in [0.05, 0.1) is 6.04 Å². The highest BCUT2D eigenvalue weighted by Crippen LogP contribution is 2.18. The first-order valence-corrected chi connectivity index (χ1v) is 4.89. The molecule has 0 radical (unpaired) electrons. The lowest BCUT2D eigenvalue weighted by atomic mass is 10.1. The Bertz CT molecular complexity index is 315. The lowest BCUT2D eigenvalue weighted by molar-refractivity contribution is 0.205. The zero-order valence-electron chi connectivity index (χ0n) is 8.00. The normalized spacial score (nSPS) is 17.9. The van der Waals surface area contributed by atoms with Gasteiger partial charge in [0.25, 0.3) is 0 Å². The molecule has 2 rings (SSSR count). The van der Waals surface area contributed by atoms with Crippen molar-refractivity contribution in [3.63, 3.8) is 0 Å². The van der Waals surface area contributed by atoms with Crippen LogP contribution in [0.3, 0.4) is 0 Å². The number of aromatic nitrogens is 1. The van der Waals surface area contributed by atoms with Crippen LogP contribution in [0.25, 0.3) is 0 Å². The molecular weight excluding hydrogens is 200 g/mol. The Morgan fingerprint density at radius 1 is 1.57 bits per heavy atom. The van der Waals surface area contributed by atoms with Crippen LogP contribution >= 0.6 is 11.6 Å². The van der Waals surface area contributed by atoms with E-state index in [4.69, 9.17) is 17.3 Å². The lowest BCUT2D eigenvalue weighted by Gasteiger charge is -2.36. The van der Waals surface area contributed by atoms with Gasteiger partial charge in [0.15, 0.2) is 0 Å². The quantitative estimate of drug-likeness (QED) is 0.720. The summed E-state index contributed by atoms with van der Waals surface area (Å²) >= 11 is 5.78. The second-order valence-electron chi connectivity index (χ2n) is 3.67. The van der Waals surface area contributed by atoms with Crippen molar-refractivity contribution in [2.45, 2.75) is 6.04 Å². The number of hydrogen-bond donors (Lipinski definition) is 2. The number of rotatable bonds is 2. The van der Waals surface area contributed by atoms with Crippen molar-refractivity contribution >= 4 is 23.1 Å². The summed E-state index contributed by atoms with van der Waals surface area (Å²) in [7, 11) is 2.08. The minimum absolute atomic E-state index is 0.431. The SMILES string of the molecule is CN1CC(Nc2cc(N)cc(Cl)n2)C1. The van der Waals surface area contributed by atoms with Gasteiger partial charge < -0.3 is 16.0 Å². The molecule has 1 aliphatic heterocycles. The molecule has 0 amide bonds. The van der Waals surface area contributed by atoms with Gasteiger partial charge in [0.1, 0.15) is 11.0 Å². The van der Waals surface area contributed by atoms with Gasteiger partial charge in [-0.25, -0.2) is 4.98 Å². The molecule has 0 atom stereocenters. The molecule has 3 N–H and O–H groups in total. The minimum Gasteiger partial charge on any atom is -0.399 e. The third-order valence-corrected chi connectivity index (χ3v) is 2.43. The van der Waals surface area contributed by atoms with Crippen molar-refractivity contribution in [1.82, 2.24) is 9.88 Å². The number of anilines is 2. The van der Waals surface area contributed by atoms with Gasteiger partial charge in [-0.05, 0) is 13.1 Å². The van der Waals surface area contributed by atoms with Gasteiger partial charge in [0, 0.05) is 24.8 Å². The maximum Gasteiger partial charge on any atom is 0.133 e. The second-order valence-corrected chi connectivity index (χ2v) is 4.06. The number of pyridine rings is 1. The van der Waals surface area contributed by atoms with Crippen molar-refractivity contribution in [3.05, 3.63) is 17.3 Å². The third kappa shape index (κ3) is 2.08. The molecule has 1 aromatic heterocycles. The van der Waals surface area contributed by atoms with Crippen LogP contribution in [0.1, 0.15) is 0 Å². The fourth-order valence-corrected chi connectivity index (χ4v) is 1.81. The van der Waals surface area contributed by atoms with Crippen molar-refractivity contribution in [2.75, 3.05) is 31.2 Å². The summed E-state index contributed by atoms with van der Waals surface area (Å²) in [6.45, 7) is 2.07. The van der Waals surface area contributed by atoms with Crippen LogP contribution < -0.4 is 11.1 Å². The molecule has 1 aliphatic rings. The highest BCUT2D eigenvalue weighted by Gasteiger charge is 2.22. The fourth-order valence-electron chi connectivity index (χ4n) is 1.59. The zero-order chi connectivity index (χ0) is 10.1. The topological polar surface area (TPSA) is 54.2 Å². The molecule has 5 heteroatoms. The standard InChI is InChI=1S/C9H13ClN4/c1-14-4-7(5-14)12-9-3-6(11)2-8(10)13-9/h2-3,7H,4-5H2,1H3,(H3,11,12,13). The van der Waals surface area contributed by atoms with Crippen LogP contribution in [0.4, 0.5) is 11.5 Å². The highest BCUT2D eigenvalue weighted by atomic mass is 35.5. The molecular formula is C9H13ClN4. The Labute approximate surface area is 88.1 Å². The van der Waals surface area contributed by atoms with Crippen molar-refractivity contribution in [1.29, 1.82) is 0 Å². The molecule has 0 aromatic carbocycles. The van der Waals surface area contributed by atoms with Crippen LogP contribution in [0, 0.1) is 0 Å². The molecule has 1 saturated heterocycles. The molecule has 0 aliphatic carbocycles. The van der Waals surface area contributed by atoms with E-state index in [1.165, 1.54) is 0 Å². The third-order valence-electron chi connectivity index (χ3n) is 2.23. The van der Waals surface area contributed by atoms with Crippen molar-refractivity contribution in [3.8, 4) is 0 Å². The number of likely N-dealkylation sites (tertiary alicyclic amines) is 1. The van der Waals surface area contributed by atoms with Crippen LogP contribution in [0.2, 0.25) is 5.15 Å². The zero-order valence-corrected chi connectivity index (χ0v) is 8.75. The molecule has 0 unspecified atom stereocenters. The maximum atomic E-state index is 5.78. The summed E-state index contributed by atoms with van der Waals surface area (Å²) in [6.07, 6.45) is 0. The monoisotopic (exact) mass is 212 g/mol. The Hall–Kier alpha value is -1.00. The van der Waals surface area contributed by atoms with Gasteiger partial charge in [-0.2, -0.15) is 0 Å². The van der Waals surface area contributed by atoms with E-state index >= 15 is 0 Å². The summed E-state index contributed by atoms with van der Waals surface area (Å²) in [5, 5.41) is 3.70. The van der Waals surface area contributed by atoms with Crippen LogP contribution in [0.15, 0.2) is 12.1 Å². The van der Waals surface area contributed by atoms with Crippen LogP contribution in [0.5, 0.6) is 0 Å². The number of likely N-dealkylation sites (N-methyl/N-ethyl adjacent to an activating group) is 1. The van der Waals surface area contributed by atoms with Crippen LogP contribution in [-0.4, -0.2) is 36.1 Å². The first kappa shape index (κ1) is 9.55. The number of nitrogens with one attached hydrogen (secondary N) is 1. The smallest absolute Gasteiger partial charge is 0.133 e. The Kier molecular flexibility index (Phi) is 2.48. The maximum absolute atomic E-state index is 5.78. The number of nitrogens with zero attached hydrogens (tertiary/aromatic N) is 2. The Morgan fingerprint density at radius 3 is 2.86 bits per heavy atom.